The first-order valence-electron chi connectivity index (χ1n) is 7.73. The Morgan fingerprint density at radius 2 is 2.00 bits per heavy atom. The molecule has 1 atom stereocenters. The van der Waals surface area contributed by atoms with Gasteiger partial charge in [-0.25, -0.2) is 9.78 Å². The molecule has 6 nitrogen and oxygen atoms in total. The van der Waals surface area contributed by atoms with Gasteiger partial charge in [0.05, 0.1) is 6.07 Å². The van der Waals surface area contributed by atoms with Gasteiger partial charge in [-0.05, 0) is 30.7 Å². The van der Waals surface area contributed by atoms with Crippen LogP contribution in [0.15, 0.2) is 35.7 Å². The van der Waals surface area contributed by atoms with Crippen molar-refractivity contribution in [3.8, 4) is 11.8 Å². The Bertz CT molecular complexity index is 914. The van der Waals surface area contributed by atoms with Crippen molar-refractivity contribution in [1.82, 2.24) is 4.98 Å². The third-order valence-corrected chi connectivity index (χ3v) is 4.24. The van der Waals surface area contributed by atoms with Crippen LogP contribution in [0.2, 0.25) is 0 Å². The highest BCUT2D eigenvalue weighted by Crippen LogP contribution is 2.23. The zero-order chi connectivity index (χ0) is 20.7. The third kappa shape index (κ3) is 6.51. The van der Waals surface area contributed by atoms with Gasteiger partial charge < -0.3 is 9.47 Å². The largest absolute Gasteiger partial charge is 0.573 e. The van der Waals surface area contributed by atoms with Gasteiger partial charge in [0.15, 0.2) is 18.3 Å². The smallest absolute Gasteiger partial charge is 0.454 e. The second-order valence-corrected chi connectivity index (χ2v) is 6.30. The van der Waals surface area contributed by atoms with Gasteiger partial charge in [0, 0.05) is 17.2 Å². The molecule has 2 rings (SSSR count). The fraction of sp³-hybridized carbons (Fsp3) is 0.222. The number of thiazole rings is 1. The minimum atomic E-state index is -4.79. The number of esters is 1. The molecule has 0 aliphatic rings. The van der Waals surface area contributed by atoms with Gasteiger partial charge in [0.2, 0.25) is 0 Å². The molecule has 0 radical (unpaired) electrons. The highest BCUT2D eigenvalue weighted by Gasteiger charge is 2.30. The quantitative estimate of drug-likeness (QED) is 0.510. The first-order valence-corrected chi connectivity index (χ1v) is 8.61. The number of alkyl halides is 3. The molecule has 0 fully saturated rings. The van der Waals surface area contributed by atoms with Gasteiger partial charge in [-0.2, -0.15) is 5.26 Å². The molecule has 0 spiro atoms. The Morgan fingerprint density at radius 1 is 1.32 bits per heavy atom. The molecule has 1 aromatic carbocycles. The van der Waals surface area contributed by atoms with E-state index < -0.39 is 36.4 Å². The molecule has 0 amide bonds. The number of carbonyl (C=O) groups is 2. The molecule has 0 saturated heterocycles. The van der Waals surface area contributed by atoms with Crippen LogP contribution in [-0.4, -0.2) is 29.7 Å². The topological polar surface area (TPSA) is 89.3 Å². The number of benzene rings is 1. The molecular formula is C18H13F3N2O4S. The fourth-order valence-corrected chi connectivity index (χ4v) is 2.85. The Morgan fingerprint density at radius 3 is 2.54 bits per heavy atom. The van der Waals surface area contributed by atoms with Crippen LogP contribution in [0.3, 0.4) is 0 Å². The lowest BCUT2D eigenvalue weighted by molar-refractivity contribution is -0.274. The molecule has 0 aliphatic carbocycles. The number of rotatable bonds is 7. The maximum atomic E-state index is 12.1. The van der Waals surface area contributed by atoms with E-state index in [1.165, 1.54) is 29.5 Å². The summed E-state index contributed by atoms with van der Waals surface area (Å²) in [4.78, 5) is 27.8. The Hall–Kier alpha value is -3.19. The molecule has 2 aromatic rings. The van der Waals surface area contributed by atoms with Crippen molar-refractivity contribution in [2.24, 2.45) is 0 Å². The number of nitrogens with zero attached hydrogens (tertiary/aromatic N) is 2. The number of ketones is 1. The van der Waals surface area contributed by atoms with Crippen molar-refractivity contribution in [2.75, 3.05) is 6.61 Å². The summed E-state index contributed by atoms with van der Waals surface area (Å²) in [5, 5.41) is 11.2. The number of hydrogen-bond acceptors (Lipinski definition) is 7. The maximum absolute atomic E-state index is 12.1. The molecular weight excluding hydrogens is 397 g/mol. The summed E-state index contributed by atoms with van der Waals surface area (Å²) in [6.07, 6.45) is -2.47. The number of nitriles is 1. The van der Waals surface area contributed by atoms with Crippen LogP contribution >= 0.6 is 11.3 Å². The SMILES string of the molecule is Cc1csc(C(C#N)C(=O)COC(=O)C=Cc2ccc(OC(F)(F)F)cc2)n1. The van der Waals surface area contributed by atoms with Crippen molar-refractivity contribution in [1.29, 1.82) is 5.26 Å². The summed E-state index contributed by atoms with van der Waals surface area (Å²) in [5.41, 5.74) is 1.10. The Balaban J connectivity index is 1.88. The predicted octanol–water partition coefficient (Wildman–Crippen LogP) is 3.78. The zero-order valence-electron chi connectivity index (χ0n) is 14.4. The van der Waals surface area contributed by atoms with E-state index in [4.69, 9.17) is 10.00 Å². The second kappa shape index (κ2) is 9.14. The van der Waals surface area contributed by atoms with E-state index in [1.54, 1.807) is 12.3 Å². The van der Waals surface area contributed by atoms with E-state index in [0.717, 1.165) is 18.2 Å². The van der Waals surface area contributed by atoms with Crippen LogP contribution in [0.4, 0.5) is 13.2 Å². The summed E-state index contributed by atoms with van der Waals surface area (Å²) in [7, 11) is 0. The van der Waals surface area contributed by atoms with Crippen LogP contribution in [0, 0.1) is 18.3 Å². The number of carbonyl (C=O) groups excluding carboxylic acids is 2. The molecule has 1 unspecified atom stereocenters. The minimum Gasteiger partial charge on any atom is -0.454 e. The normalized spacial score (nSPS) is 12.4. The summed E-state index contributed by atoms with van der Waals surface area (Å²) in [6.45, 7) is 1.13. The van der Waals surface area contributed by atoms with Crippen LogP contribution in [-0.2, 0) is 14.3 Å². The predicted molar refractivity (Wildman–Crippen MR) is 93.3 cm³/mol. The van der Waals surface area contributed by atoms with Gasteiger partial charge in [0.25, 0.3) is 0 Å². The first-order chi connectivity index (χ1) is 13.2. The molecule has 10 heteroatoms. The average Bonchev–Trinajstić information content (AvgIpc) is 3.04. The van der Waals surface area contributed by atoms with E-state index in [0.29, 0.717) is 16.3 Å². The molecule has 0 aliphatic heterocycles. The Kier molecular flexibility index (Phi) is 6.89. The van der Waals surface area contributed by atoms with E-state index >= 15 is 0 Å². The van der Waals surface area contributed by atoms with Crippen LogP contribution < -0.4 is 4.74 Å². The molecule has 0 saturated carbocycles. The lowest BCUT2D eigenvalue weighted by Gasteiger charge is -2.08. The number of halogens is 3. The van der Waals surface area contributed by atoms with Crippen molar-refractivity contribution in [3.63, 3.8) is 0 Å². The molecule has 146 valence electrons. The van der Waals surface area contributed by atoms with Gasteiger partial charge in [-0.1, -0.05) is 12.1 Å². The summed E-state index contributed by atoms with van der Waals surface area (Å²) in [6, 6.07) is 6.64. The van der Waals surface area contributed by atoms with Crippen LogP contribution in [0.1, 0.15) is 22.2 Å². The van der Waals surface area contributed by atoms with Crippen molar-refractivity contribution < 1.29 is 32.2 Å². The highest BCUT2D eigenvalue weighted by molar-refractivity contribution is 7.09. The minimum absolute atomic E-state index is 0.331. The maximum Gasteiger partial charge on any atom is 0.573 e. The molecule has 28 heavy (non-hydrogen) atoms. The highest BCUT2D eigenvalue weighted by atomic mass is 32.1. The third-order valence-electron chi connectivity index (χ3n) is 3.22. The monoisotopic (exact) mass is 410 g/mol. The average molecular weight is 410 g/mol. The zero-order valence-corrected chi connectivity index (χ0v) is 15.2. The number of Topliss-reactive ketones (excluding diaryl/α,β-unsaturated/α-hetero) is 1. The fourth-order valence-electron chi connectivity index (χ4n) is 1.99. The Labute approximate surface area is 161 Å². The molecule has 1 aromatic heterocycles. The number of ether oxygens (including phenoxy) is 2. The standard InChI is InChI=1S/C18H13F3N2O4S/c1-11-10-28-17(23-11)14(8-22)15(24)9-26-16(25)7-4-12-2-5-13(6-3-12)27-18(19,20)21/h2-7,10,14H,9H2,1H3. The number of hydrogen-bond donors (Lipinski definition) is 0. The van der Waals surface area contributed by atoms with Crippen molar-refractivity contribution in [2.45, 2.75) is 19.2 Å². The van der Waals surface area contributed by atoms with Gasteiger partial charge in [-0.15, -0.1) is 24.5 Å². The van der Waals surface area contributed by atoms with Crippen LogP contribution in [0.5, 0.6) is 5.75 Å². The van der Waals surface area contributed by atoms with Gasteiger partial charge in [-0.3, -0.25) is 4.79 Å². The second-order valence-electron chi connectivity index (χ2n) is 5.41. The lowest BCUT2D eigenvalue weighted by Crippen LogP contribution is -2.19. The van der Waals surface area contributed by atoms with E-state index in [-0.39, 0.29) is 0 Å². The molecule has 0 N–H and O–H groups in total. The number of aromatic nitrogens is 1. The summed E-state index contributed by atoms with van der Waals surface area (Å²) in [5.74, 6) is -2.95. The van der Waals surface area contributed by atoms with Crippen LogP contribution in [0.25, 0.3) is 6.08 Å². The molecule has 1 heterocycles. The van der Waals surface area contributed by atoms with E-state index in [2.05, 4.69) is 9.72 Å². The first kappa shape index (κ1) is 21.1. The van der Waals surface area contributed by atoms with Crippen molar-refractivity contribution >= 4 is 29.2 Å². The van der Waals surface area contributed by atoms with Crippen molar-refractivity contribution in [3.05, 3.63) is 52.0 Å². The van der Waals surface area contributed by atoms with Gasteiger partial charge in [0.1, 0.15) is 10.8 Å². The molecule has 0 bridgehead atoms. The van der Waals surface area contributed by atoms with E-state index in [9.17, 15) is 22.8 Å². The van der Waals surface area contributed by atoms with Gasteiger partial charge >= 0.3 is 12.3 Å². The summed E-state index contributed by atoms with van der Waals surface area (Å²) >= 11 is 1.17. The van der Waals surface area contributed by atoms with E-state index in [1.807, 2.05) is 6.07 Å². The lowest BCUT2D eigenvalue weighted by atomic mass is 10.1. The number of aryl methyl sites for hydroxylation is 1. The summed E-state index contributed by atoms with van der Waals surface area (Å²) < 4.78 is 44.8.